The molecule has 1 aromatic carbocycles. The monoisotopic (exact) mass is 284 g/mol. The molecular formula is C14H11F3O3. The Labute approximate surface area is 113 Å². The van der Waals surface area contributed by atoms with Gasteiger partial charge >= 0.3 is 12.1 Å². The van der Waals surface area contributed by atoms with Crippen LogP contribution in [0.3, 0.4) is 0 Å². The molecule has 1 aromatic rings. The van der Waals surface area contributed by atoms with Gasteiger partial charge in [-0.25, -0.2) is 4.79 Å². The average Bonchev–Trinajstić information content (AvgIpc) is 2.35. The van der Waals surface area contributed by atoms with Crippen molar-refractivity contribution >= 4 is 17.6 Å². The second-order valence-electron chi connectivity index (χ2n) is 4.45. The van der Waals surface area contributed by atoms with Crippen LogP contribution >= 0.6 is 0 Å². The Hall–Kier alpha value is -2.24. The van der Waals surface area contributed by atoms with Crippen molar-refractivity contribution < 1.29 is 27.8 Å². The highest BCUT2D eigenvalue weighted by Crippen LogP contribution is 2.40. The quantitative estimate of drug-likeness (QED) is 0.904. The lowest BCUT2D eigenvalue weighted by molar-refractivity contribution is -0.187. The summed E-state index contributed by atoms with van der Waals surface area (Å²) >= 11 is 0. The molecule has 1 unspecified atom stereocenters. The molecule has 0 fully saturated rings. The summed E-state index contributed by atoms with van der Waals surface area (Å²) in [6.45, 7) is 5.31. The van der Waals surface area contributed by atoms with Crippen molar-refractivity contribution in [1.82, 2.24) is 0 Å². The number of para-hydroxylation sites is 1. The largest absolute Gasteiger partial charge is 0.478 e. The molecule has 1 aliphatic heterocycles. The Bertz CT molecular complexity index is 615. The summed E-state index contributed by atoms with van der Waals surface area (Å²) in [4.78, 5) is 11.0. The van der Waals surface area contributed by atoms with Gasteiger partial charge in [-0.2, -0.15) is 13.2 Å². The summed E-state index contributed by atoms with van der Waals surface area (Å²) < 4.78 is 43.7. The van der Waals surface area contributed by atoms with E-state index in [4.69, 9.17) is 9.84 Å². The highest BCUT2D eigenvalue weighted by atomic mass is 19.4. The van der Waals surface area contributed by atoms with Crippen molar-refractivity contribution in [1.29, 1.82) is 0 Å². The maximum absolute atomic E-state index is 12.9. The van der Waals surface area contributed by atoms with E-state index in [-0.39, 0.29) is 5.75 Å². The third kappa shape index (κ3) is 2.41. The van der Waals surface area contributed by atoms with E-state index in [0.717, 1.165) is 6.08 Å². The zero-order chi connectivity index (χ0) is 15.1. The summed E-state index contributed by atoms with van der Waals surface area (Å²) in [6, 6.07) is 4.68. The SMILES string of the molecule is C=C(C)c1cccc2c1OC(C(F)(F)F)C(C(=O)O)=C2. The maximum Gasteiger partial charge on any atom is 0.430 e. The number of halogens is 3. The van der Waals surface area contributed by atoms with E-state index in [0.29, 0.717) is 16.7 Å². The number of allylic oxidation sites excluding steroid dienone is 1. The van der Waals surface area contributed by atoms with Gasteiger partial charge in [-0.3, -0.25) is 0 Å². The first-order chi connectivity index (χ1) is 9.21. The van der Waals surface area contributed by atoms with Crippen LogP contribution in [0.2, 0.25) is 0 Å². The second kappa shape index (κ2) is 4.70. The highest BCUT2D eigenvalue weighted by Gasteiger charge is 2.48. The summed E-state index contributed by atoms with van der Waals surface area (Å²) in [5, 5.41) is 8.91. The van der Waals surface area contributed by atoms with Crippen LogP contribution in [0.15, 0.2) is 30.4 Å². The van der Waals surface area contributed by atoms with Gasteiger partial charge in [0.1, 0.15) is 5.75 Å². The number of benzene rings is 1. The molecule has 1 aliphatic rings. The summed E-state index contributed by atoms with van der Waals surface area (Å²) in [6.07, 6.45) is -6.29. The third-order valence-corrected chi connectivity index (χ3v) is 2.88. The molecule has 0 aliphatic carbocycles. The Morgan fingerprint density at radius 3 is 2.55 bits per heavy atom. The number of ether oxygens (including phenoxy) is 1. The van der Waals surface area contributed by atoms with E-state index in [2.05, 4.69) is 6.58 Å². The van der Waals surface area contributed by atoms with Gasteiger partial charge in [0.15, 0.2) is 0 Å². The molecule has 20 heavy (non-hydrogen) atoms. The lowest BCUT2D eigenvalue weighted by Gasteiger charge is -2.28. The average molecular weight is 284 g/mol. The number of carbonyl (C=O) groups is 1. The van der Waals surface area contributed by atoms with Crippen LogP contribution in [0.1, 0.15) is 18.1 Å². The predicted octanol–water partition coefficient (Wildman–Crippen LogP) is 3.51. The maximum atomic E-state index is 12.9. The van der Waals surface area contributed by atoms with Crippen LogP contribution in [0.4, 0.5) is 13.2 Å². The van der Waals surface area contributed by atoms with Crippen LogP contribution in [0, 0.1) is 0 Å². The number of rotatable bonds is 2. The number of hydrogen-bond acceptors (Lipinski definition) is 2. The highest BCUT2D eigenvalue weighted by molar-refractivity contribution is 5.95. The standard InChI is InChI=1S/C14H11F3O3/c1-7(2)9-5-3-4-8-6-10(13(18)19)12(14(15,16)17)20-11(8)9/h3-6,12H,1H2,2H3,(H,18,19). The van der Waals surface area contributed by atoms with Gasteiger partial charge in [-0.15, -0.1) is 0 Å². The van der Waals surface area contributed by atoms with Crippen LogP contribution < -0.4 is 4.74 Å². The van der Waals surface area contributed by atoms with Crippen LogP contribution in [-0.4, -0.2) is 23.4 Å². The predicted molar refractivity (Wildman–Crippen MR) is 67.2 cm³/mol. The molecule has 106 valence electrons. The topological polar surface area (TPSA) is 46.5 Å². The molecule has 1 N–H and O–H groups in total. The molecule has 0 radical (unpaired) electrons. The van der Waals surface area contributed by atoms with E-state index in [1.807, 2.05) is 0 Å². The molecule has 2 rings (SSSR count). The number of aliphatic carboxylic acids is 1. The minimum atomic E-state index is -4.80. The lowest BCUT2D eigenvalue weighted by Crippen LogP contribution is -2.40. The molecule has 0 bridgehead atoms. The fourth-order valence-electron chi connectivity index (χ4n) is 1.98. The minimum Gasteiger partial charge on any atom is -0.478 e. The molecule has 3 nitrogen and oxygen atoms in total. The molecule has 0 amide bonds. The fourth-order valence-corrected chi connectivity index (χ4v) is 1.98. The molecule has 0 saturated heterocycles. The number of alkyl halides is 3. The molecule has 6 heteroatoms. The van der Waals surface area contributed by atoms with E-state index in [1.165, 1.54) is 6.07 Å². The van der Waals surface area contributed by atoms with Crippen LogP contribution in [-0.2, 0) is 4.79 Å². The van der Waals surface area contributed by atoms with Crippen molar-refractivity contribution in [3.8, 4) is 5.75 Å². The second-order valence-corrected chi connectivity index (χ2v) is 4.45. The normalized spacial score (nSPS) is 17.8. The number of carboxylic acid groups (broad SMARTS) is 1. The van der Waals surface area contributed by atoms with E-state index >= 15 is 0 Å². The fraction of sp³-hybridized carbons (Fsp3) is 0.214. The lowest BCUT2D eigenvalue weighted by atomic mass is 9.97. The van der Waals surface area contributed by atoms with Gasteiger partial charge in [0.25, 0.3) is 0 Å². The Kier molecular flexibility index (Phi) is 3.33. The molecule has 0 spiro atoms. The van der Waals surface area contributed by atoms with Gasteiger partial charge in [0, 0.05) is 11.1 Å². The van der Waals surface area contributed by atoms with Crippen LogP contribution in [0.5, 0.6) is 5.75 Å². The first-order valence-corrected chi connectivity index (χ1v) is 5.69. The minimum absolute atomic E-state index is 0.00678. The van der Waals surface area contributed by atoms with E-state index in [1.54, 1.807) is 19.1 Å². The first-order valence-electron chi connectivity index (χ1n) is 5.69. The third-order valence-electron chi connectivity index (χ3n) is 2.88. The van der Waals surface area contributed by atoms with Gasteiger partial charge in [0.2, 0.25) is 6.10 Å². The number of hydrogen-bond donors (Lipinski definition) is 1. The Morgan fingerprint density at radius 2 is 2.05 bits per heavy atom. The van der Waals surface area contributed by atoms with Gasteiger partial charge in [-0.05, 0) is 18.6 Å². The van der Waals surface area contributed by atoms with Crippen molar-refractivity contribution in [2.24, 2.45) is 0 Å². The molecule has 0 saturated carbocycles. The molecular weight excluding hydrogens is 273 g/mol. The number of carboxylic acids is 1. The van der Waals surface area contributed by atoms with E-state index in [9.17, 15) is 18.0 Å². The van der Waals surface area contributed by atoms with Crippen LogP contribution in [0.25, 0.3) is 11.6 Å². The summed E-state index contributed by atoms with van der Waals surface area (Å²) in [5.74, 6) is -1.65. The molecule has 1 heterocycles. The van der Waals surface area contributed by atoms with E-state index < -0.39 is 23.8 Å². The first kappa shape index (κ1) is 14.2. The smallest absolute Gasteiger partial charge is 0.430 e. The van der Waals surface area contributed by atoms with Crippen molar-refractivity contribution in [3.63, 3.8) is 0 Å². The van der Waals surface area contributed by atoms with Gasteiger partial charge in [0.05, 0.1) is 5.57 Å². The zero-order valence-electron chi connectivity index (χ0n) is 10.5. The molecule has 1 atom stereocenters. The van der Waals surface area contributed by atoms with Gasteiger partial charge in [-0.1, -0.05) is 24.8 Å². The Morgan fingerprint density at radius 1 is 1.40 bits per heavy atom. The Balaban J connectivity index is 2.63. The van der Waals surface area contributed by atoms with Gasteiger partial charge < -0.3 is 9.84 Å². The van der Waals surface area contributed by atoms with Crippen molar-refractivity contribution in [2.75, 3.05) is 0 Å². The van der Waals surface area contributed by atoms with Crippen molar-refractivity contribution in [2.45, 2.75) is 19.2 Å². The molecule has 0 aromatic heterocycles. The van der Waals surface area contributed by atoms with Crippen molar-refractivity contribution in [3.05, 3.63) is 41.5 Å². The summed E-state index contributed by atoms with van der Waals surface area (Å²) in [5.41, 5.74) is 0.430. The number of fused-ring (bicyclic) bond motifs is 1. The summed E-state index contributed by atoms with van der Waals surface area (Å²) in [7, 11) is 0. The zero-order valence-corrected chi connectivity index (χ0v) is 10.5.